The molecule has 0 bridgehead atoms. The van der Waals surface area contributed by atoms with E-state index in [2.05, 4.69) is 38.2 Å². The van der Waals surface area contributed by atoms with Gasteiger partial charge in [-0.05, 0) is 22.9 Å². The number of aromatic nitrogens is 2. The van der Waals surface area contributed by atoms with Crippen molar-refractivity contribution in [2.45, 2.75) is 19.5 Å². The molecule has 0 aliphatic carbocycles. The van der Waals surface area contributed by atoms with Crippen LogP contribution in [0.3, 0.4) is 0 Å². The van der Waals surface area contributed by atoms with Crippen molar-refractivity contribution < 1.29 is 4.74 Å². The Hall–Kier alpha value is -0.920. The van der Waals surface area contributed by atoms with Crippen molar-refractivity contribution in [1.82, 2.24) is 15.1 Å². The van der Waals surface area contributed by atoms with Gasteiger partial charge in [0.1, 0.15) is 4.47 Å². The van der Waals surface area contributed by atoms with Crippen LogP contribution < -0.4 is 15.8 Å². The zero-order valence-corrected chi connectivity index (χ0v) is 12.8. The van der Waals surface area contributed by atoms with Gasteiger partial charge in [0.25, 0.3) is 5.56 Å². The van der Waals surface area contributed by atoms with E-state index >= 15 is 0 Å². The van der Waals surface area contributed by atoms with Gasteiger partial charge in [0.15, 0.2) is 0 Å². The minimum absolute atomic E-state index is 0.110. The zero-order chi connectivity index (χ0) is 13.8. The standard InChI is InChI=1S/C12H19BrN4O2/c1-9-8-16(4-3-14-9)10-7-15-17(5-6-19-2)12(18)11(10)13/h7,9,14H,3-6,8H2,1-2H3/t9-/m0/s1. The summed E-state index contributed by atoms with van der Waals surface area (Å²) in [6.45, 7) is 5.75. The van der Waals surface area contributed by atoms with Gasteiger partial charge in [-0.25, -0.2) is 4.68 Å². The van der Waals surface area contributed by atoms with Gasteiger partial charge in [-0.15, -0.1) is 0 Å². The summed E-state index contributed by atoms with van der Waals surface area (Å²) < 4.78 is 6.96. The summed E-state index contributed by atoms with van der Waals surface area (Å²) in [5, 5.41) is 7.59. The molecule has 1 aromatic rings. The molecule has 1 fully saturated rings. The Balaban J connectivity index is 2.22. The molecule has 0 spiro atoms. The molecule has 0 radical (unpaired) electrons. The van der Waals surface area contributed by atoms with E-state index in [1.165, 1.54) is 4.68 Å². The number of methoxy groups -OCH3 is 1. The fourth-order valence-electron chi connectivity index (χ4n) is 2.16. The average molecular weight is 331 g/mol. The lowest BCUT2D eigenvalue weighted by Crippen LogP contribution is -2.49. The van der Waals surface area contributed by atoms with Gasteiger partial charge in [0.2, 0.25) is 0 Å². The molecule has 7 heteroatoms. The lowest BCUT2D eigenvalue weighted by molar-refractivity contribution is 0.181. The topological polar surface area (TPSA) is 59.4 Å². The van der Waals surface area contributed by atoms with Gasteiger partial charge in [-0.2, -0.15) is 5.10 Å². The van der Waals surface area contributed by atoms with Gasteiger partial charge in [-0.1, -0.05) is 0 Å². The molecule has 0 saturated carbocycles. The number of hydrogen-bond acceptors (Lipinski definition) is 5. The molecule has 2 heterocycles. The van der Waals surface area contributed by atoms with Crippen molar-refractivity contribution in [2.24, 2.45) is 0 Å². The predicted molar refractivity (Wildman–Crippen MR) is 77.8 cm³/mol. The minimum atomic E-state index is -0.110. The number of rotatable bonds is 4. The van der Waals surface area contributed by atoms with Crippen molar-refractivity contribution in [3.63, 3.8) is 0 Å². The van der Waals surface area contributed by atoms with Gasteiger partial charge in [-0.3, -0.25) is 4.79 Å². The predicted octanol–water partition coefficient (Wildman–Crippen LogP) is 0.450. The van der Waals surface area contributed by atoms with E-state index in [0.29, 0.717) is 23.7 Å². The molecule has 1 aliphatic heterocycles. The van der Waals surface area contributed by atoms with Crippen LogP contribution in [0, 0.1) is 0 Å². The number of ether oxygens (including phenoxy) is 1. The first-order valence-electron chi connectivity index (χ1n) is 6.36. The Labute approximate surface area is 120 Å². The largest absolute Gasteiger partial charge is 0.383 e. The molecule has 1 atom stereocenters. The second-order valence-electron chi connectivity index (χ2n) is 4.67. The second-order valence-corrected chi connectivity index (χ2v) is 5.46. The highest BCUT2D eigenvalue weighted by molar-refractivity contribution is 9.10. The fourth-order valence-corrected chi connectivity index (χ4v) is 2.72. The van der Waals surface area contributed by atoms with E-state index in [0.717, 1.165) is 25.3 Å². The Bertz CT molecular complexity index is 491. The molecule has 1 aliphatic rings. The molecule has 19 heavy (non-hydrogen) atoms. The third kappa shape index (κ3) is 3.34. The average Bonchev–Trinajstić information content (AvgIpc) is 2.40. The highest BCUT2D eigenvalue weighted by Crippen LogP contribution is 2.22. The molecule has 0 aromatic carbocycles. The first kappa shape index (κ1) is 14.5. The zero-order valence-electron chi connectivity index (χ0n) is 11.2. The van der Waals surface area contributed by atoms with Crippen molar-refractivity contribution in [3.05, 3.63) is 21.0 Å². The third-order valence-electron chi connectivity index (χ3n) is 3.18. The van der Waals surface area contributed by atoms with Gasteiger partial charge in [0.05, 0.1) is 25.0 Å². The lowest BCUT2D eigenvalue weighted by atomic mass is 10.2. The molecule has 0 amide bonds. The van der Waals surface area contributed by atoms with E-state index < -0.39 is 0 Å². The maximum absolute atomic E-state index is 12.2. The molecular formula is C12H19BrN4O2. The maximum atomic E-state index is 12.2. The number of nitrogens with one attached hydrogen (secondary N) is 1. The Kier molecular flexibility index (Phi) is 4.95. The summed E-state index contributed by atoms with van der Waals surface area (Å²) in [5.41, 5.74) is 0.757. The number of piperazine rings is 1. The summed E-state index contributed by atoms with van der Waals surface area (Å²) in [4.78, 5) is 14.4. The molecule has 0 unspecified atom stereocenters. The Morgan fingerprint density at radius 3 is 3.11 bits per heavy atom. The monoisotopic (exact) mass is 330 g/mol. The van der Waals surface area contributed by atoms with Crippen LogP contribution in [0.1, 0.15) is 6.92 Å². The van der Waals surface area contributed by atoms with Crippen molar-refractivity contribution in [3.8, 4) is 0 Å². The number of halogens is 1. The van der Waals surface area contributed by atoms with Crippen LogP contribution in [-0.4, -0.2) is 49.2 Å². The van der Waals surface area contributed by atoms with Crippen LogP contribution in [0.15, 0.2) is 15.5 Å². The quantitative estimate of drug-likeness (QED) is 0.868. The second kappa shape index (κ2) is 6.49. The molecule has 6 nitrogen and oxygen atoms in total. The highest BCUT2D eigenvalue weighted by Gasteiger charge is 2.20. The fraction of sp³-hybridized carbons (Fsp3) is 0.667. The molecule has 1 aromatic heterocycles. The van der Waals surface area contributed by atoms with E-state index in [1.807, 2.05) is 0 Å². The normalized spacial score (nSPS) is 19.7. The SMILES string of the molecule is COCCn1ncc(N2CCN[C@@H](C)C2)c(Br)c1=O. The van der Waals surface area contributed by atoms with Crippen molar-refractivity contribution in [2.75, 3.05) is 38.3 Å². The summed E-state index contributed by atoms with van der Waals surface area (Å²) in [5.74, 6) is 0. The Morgan fingerprint density at radius 1 is 1.63 bits per heavy atom. The summed E-state index contributed by atoms with van der Waals surface area (Å²) in [6, 6.07) is 0.413. The summed E-state index contributed by atoms with van der Waals surface area (Å²) in [6.07, 6.45) is 1.75. The number of anilines is 1. The molecule has 106 valence electrons. The van der Waals surface area contributed by atoms with Crippen LogP contribution in [0.4, 0.5) is 5.69 Å². The van der Waals surface area contributed by atoms with Gasteiger partial charge < -0.3 is 15.0 Å². The van der Waals surface area contributed by atoms with Crippen LogP contribution >= 0.6 is 15.9 Å². The van der Waals surface area contributed by atoms with Gasteiger partial charge >= 0.3 is 0 Å². The Morgan fingerprint density at radius 2 is 2.42 bits per heavy atom. The minimum Gasteiger partial charge on any atom is -0.383 e. The first-order chi connectivity index (χ1) is 9.13. The summed E-state index contributed by atoms with van der Waals surface area (Å²) >= 11 is 3.40. The smallest absolute Gasteiger partial charge is 0.283 e. The maximum Gasteiger partial charge on any atom is 0.283 e. The number of nitrogens with zero attached hydrogens (tertiary/aromatic N) is 3. The van der Waals surface area contributed by atoms with Crippen LogP contribution in [0.2, 0.25) is 0 Å². The van der Waals surface area contributed by atoms with Crippen LogP contribution in [-0.2, 0) is 11.3 Å². The van der Waals surface area contributed by atoms with E-state index in [-0.39, 0.29) is 5.56 Å². The lowest BCUT2D eigenvalue weighted by Gasteiger charge is -2.33. The summed E-state index contributed by atoms with van der Waals surface area (Å²) in [7, 11) is 1.61. The molecule has 1 N–H and O–H groups in total. The van der Waals surface area contributed by atoms with Gasteiger partial charge in [0, 0.05) is 32.8 Å². The molecular weight excluding hydrogens is 312 g/mol. The third-order valence-corrected chi connectivity index (χ3v) is 3.93. The number of hydrogen-bond donors (Lipinski definition) is 1. The van der Waals surface area contributed by atoms with E-state index in [4.69, 9.17) is 4.74 Å². The highest BCUT2D eigenvalue weighted by atomic mass is 79.9. The van der Waals surface area contributed by atoms with Crippen LogP contribution in [0.5, 0.6) is 0 Å². The van der Waals surface area contributed by atoms with E-state index in [9.17, 15) is 4.79 Å². The first-order valence-corrected chi connectivity index (χ1v) is 7.15. The van der Waals surface area contributed by atoms with Crippen molar-refractivity contribution >= 4 is 21.6 Å². The van der Waals surface area contributed by atoms with Crippen molar-refractivity contribution in [1.29, 1.82) is 0 Å². The molecule has 2 rings (SSSR count). The van der Waals surface area contributed by atoms with E-state index in [1.54, 1.807) is 13.3 Å². The molecule has 1 saturated heterocycles. The van der Waals surface area contributed by atoms with Crippen LogP contribution in [0.25, 0.3) is 0 Å².